The first-order valence-corrected chi connectivity index (χ1v) is 31.6. The Bertz CT molecular complexity index is 4370. The Balaban J connectivity index is 0.852. The van der Waals surface area contributed by atoms with E-state index in [2.05, 4.69) is 244 Å². The zero-order valence-corrected chi connectivity index (χ0v) is 54.6. The highest BCUT2D eigenvalue weighted by Gasteiger charge is 2.20. The lowest BCUT2D eigenvalue weighted by Gasteiger charge is -2.26. The molecule has 0 amide bonds. The van der Waals surface area contributed by atoms with Gasteiger partial charge >= 0.3 is 0 Å². The number of benzene rings is 13. The van der Waals surface area contributed by atoms with E-state index in [0.717, 1.165) is 153 Å². The van der Waals surface area contributed by atoms with Crippen molar-refractivity contribution < 1.29 is 33.2 Å². The van der Waals surface area contributed by atoms with Gasteiger partial charge in [0.25, 0.3) is 0 Å². The van der Waals surface area contributed by atoms with Crippen LogP contribution in [0.3, 0.4) is 0 Å². The van der Waals surface area contributed by atoms with Gasteiger partial charge in [-0.2, -0.15) is 0 Å². The molecule has 0 aliphatic rings. The fourth-order valence-corrected chi connectivity index (χ4v) is 12.1. The van der Waals surface area contributed by atoms with E-state index < -0.39 is 0 Å². The van der Waals surface area contributed by atoms with Crippen molar-refractivity contribution in [3.8, 4) is 84.8 Å². The van der Waals surface area contributed by atoms with Crippen LogP contribution in [0.2, 0.25) is 0 Å². The lowest BCUT2D eigenvalue weighted by Crippen LogP contribution is -2.10. The third kappa shape index (κ3) is 13.6. The molecule has 0 atom stereocenters. The zero-order chi connectivity index (χ0) is 65.9. The zero-order valence-electron chi connectivity index (χ0n) is 54.6. The maximum Gasteiger partial charge on any atom is 0.119 e. The molecular formula is C85H72N4O7. The minimum atomic E-state index is 0.781. The normalized spacial score (nSPS) is 10.9. The largest absolute Gasteiger partial charge is 0.497 e. The summed E-state index contributed by atoms with van der Waals surface area (Å²) in [5.41, 5.74) is 20.6. The van der Waals surface area contributed by atoms with E-state index in [-0.39, 0.29) is 0 Å². The van der Waals surface area contributed by atoms with Crippen molar-refractivity contribution in [1.29, 1.82) is 0 Å². The predicted molar refractivity (Wildman–Crippen MR) is 393 cm³/mol. The first kappa shape index (κ1) is 62.5. The van der Waals surface area contributed by atoms with Crippen molar-refractivity contribution in [3.05, 3.63) is 309 Å². The summed E-state index contributed by atoms with van der Waals surface area (Å²) in [5, 5.41) is 0. The minimum absolute atomic E-state index is 0.781. The maximum atomic E-state index is 5.65. The van der Waals surface area contributed by atoms with Gasteiger partial charge in [-0.15, -0.1) is 0 Å². The quantitative estimate of drug-likeness (QED) is 0.0614. The molecule has 11 nitrogen and oxygen atoms in total. The molecule has 0 unspecified atom stereocenters. The molecule has 0 bridgehead atoms. The third-order valence-electron chi connectivity index (χ3n) is 17.2. The molecule has 0 aromatic heterocycles. The molecule has 0 saturated carbocycles. The monoisotopic (exact) mass is 1260 g/mol. The summed E-state index contributed by atoms with van der Waals surface area (Å²) in [6.45, 7) is 0. The van der Waals surface area contributed by atoms with Gasteiger partial charge in [-0.3, -0.25) is 0 Å². The van der Waals surface area contributed by atoms with E-state index >= 15 is 0 Å². The molecule has 13 rings (SSSR count). The highest BCUT2D eigenvalue weighted by molar-refractivity contribution is 5.87. The number of methoxy groups -OCH3 is 7. The molecule has 13 aromatic carbocycles. The van der Waals surface area contributed by atoms with Crippen LogP contribution in [-0.4, -0.2) is 49.8 Å². The Morgan fingerprint density at radius 3 is 0.354 bits per heavy atom. The van der Waals surface area contributed by atoms with Crippen LogP contribution in [0, 0.1) is 0 Å². The van der Waals surface area contributed by atoms with Gasteiger partial charge in [-0.05, 0) is 293 Å². The van der Waals surface area contributed by atoms with Crippen molar-refractivity contribution >= 4 is 68.2 Å². The van der Waals surface area contributed by atoms with E-state index in [1.54, 1.807) is 49.8 Å². The second-order valence-electron chi connectivity index (χ2n) is 22.8. The summed E-state index contributed by atoms with van der Waals surface area (Å²) >= 11 is 0. The van der Waals surface area contributed by atoms with E-state index in [4.69, 9.17) is 33.2 Å². The Labute approximate surface area is 562 Å². The molecule has 0 spiro atoms. The Kier molecular flexibility index (Phi) is 18.7. The highest BCUT2D eigenvalue weighted by atomic mass is 16.5. The molecule has 11 heteroatoms. The molecule has 0 saturated heterocycles. The number of ether oxygens (including phenoxy) is 7. The molecule has 474 valence electrons. The summed E-state index contributed by atoms with van der Waals surface area (Å²) in [7, 11) is 11.8. The van der Waals surface area contributed by atoms with Crippen LogP contribution in [-0.2, 0) is 0 Å². The smallest absolute Gasteiger partial charge is 0.119 e. The second kappa shape index (κ2) is 28.7. The Morgan fingerprint density at radius 2 is 0.240 bits per heavy atom. The SMILES string of the molecule is COc1ccc(N(c2ccc(OC)cc2)c2ccc(-c3ccc(N(c4ccc(OC)cc4)c4ccc(-c5cc(-c6ccc(N(c7ccc(OC)cc7)c7ccc(OC)cc7)cc6)cc(-c6ccc(N(c7ccc(OC)cc7)c7ccc(OC)cc7)cc6)c5)cc4)cc3)cc2)cc1. The minimum Gasteiger partial charge on any atom is -0.497 e. The van der Waals surface area contributed by atoms with Crippen molar-refractivity contribution in [2.24, 2.45) is 0 Å². The van der Waals surface area contributed by atoms with Gasteiger partial charge in [0.2, 0.25) is 0 Å². The summed E-state index contributed by atoms with van der Waals surface area (Å²) in [6, 6.07) is 108. The van der Waals surface area contributed by atoms with Crippen molar-refractivity contribution in [2.45, 2.75) is 0 Å². The van der Waals surface area contributed by atoms with Crippen LogP contribution < -0.4 is 52.8 Å². The van der Waals surface area contributed by atoms with Crippen molar-refractivity contribution in [2.75, 3.05) is 69.4 Å². The summed E-state index contributed by atoms with van der Waals surface area (Å²) in [4.78, 5) is 8.98. The molecule has 13 aromatic rings. The maximum absolute atomic E-state index is 5.65. The number of rotatable bonds is 23. The Morgan fingerprint density at radius 1 is 0.135 bits per heavy atom. The van der Waals surface area contributed by atoms with Crippen LogP contribution in [0.25, 0.3) is 44.5 Å². The van der Waals surface area contributed by atoms with Gasteiger partial charge < -0.3 is 52.8 Å². The predicted octanol–water partition coefficient (Wildman–Crippen LogP) is 22.3. The van der Waals surface area contributed by atoms with E-state index in [1.165, 1.54) is 0 Å². The molecule has 0 N–H and O–H groups in total. The van der Waals surface area contributed by atoms with Crippen LogP contribution in [0.4, 0.5) is 68.2 Å². The third-order valence-corrected chi connectivity index (χ3v) is 17.2. The first-order valence-electron chi connectivity index (χ1n) is 31.6. The lowest BCUT2D eigenvalue weighted by molar-refractivity contribution is 0.414. The van der Waals surface area contributed by atoms with Crippen LogP contribution in [0.1, 0.15) is 0 Å². The Hall–Kier alpha value is -12.3. The molecule has 0 aliphatic heterocycles. The summed E-state index contributed by atoms with van der Waals surface area (Å²) in [6.07, 6.45) is 0. The molecular weight excluding hydrogens is 1190 g/mol. The summed E-state index contributed by atoms with van der Waals surface area (Å²) in [5.74, 6) is 5.53. The van der Waals surface area contributed by atoms with E-state index in [9.17, 15) is 0 Å². The molecule has 0 heterocycles. The number of hydrogen-bond acceptors (Lipinski definition) is 11. The molecule has 0 radical (unpaired) electrons. The van der Waals surface area contributed by atoms with E-state index in [1.807, 2.05) is 84.9 Å². The topological polar surface area (TPSA) is 77.6 Å². The van der Waals surface area contributed by atoms with E-state index in [0.29, 0.717) is 0 Å². The summed E-state index contributed by atoms with van der Waals surface area (Å²) < 4.78 is 38.9. The first-order chi connectivity index (χ1) is 47.2. The fourth-order valence-electron chi connectivity index (χ4n) is 12.1. The average molecular weight is 1260 g/mol. The van der Waals surface area contributed by atoms with Crippen LogP contribution in [0.5, 0.6) is 40.2 Å². The number of nitrogens with zero attached hydrogens (tertiary/aromatic N) is 4. The number of anilines is 12. The van der Waals surface area contributed by atoms with Gasteiger partial charge in [0.05, 0.1) is 49.8 Å². The standard InChI is InChI=1S/C85H72N4O7/c1-90-79-42-28-72(29-43-79)86(67-18-8-59(9-19-67)60-10-20-68(21-11-60)87(73-30-44-80(91-2)45-31-73)74-32-46-81(92-3)47-33-74)69-22-12-61(13-23-69)64-56-65(62-14-24-70(25-15-62)88(75-34-48-82(93-4)49-35-75)76-36-50-83(94-5)51-37-76)58-66(57-64)63-16-26-71(27-17-63)89(77-38-52-84(95-6)53-39-77)78-40-54-85(96-7)55-41-78/h8-58H,1-7H3. The molecule has 0 aliphatic carbocycles. The van der Waals surface area contributed by atoms with Crippen molar-refractivity contribution in [3.63, 3.8) is 0 Å². The molecule has 0 fully saturated rings. The highest BCUT2D eigenvalue weighted by Crippen LogP contribution is 2.44. The number of hydrogen-bond donors (Lipinski definition) is 0. The second-order valence-corrected chi connectivity index (χ2v) is 22.8. The van der Waals surface area contributed by atoms with Gasteiger partial charge in [0.1, 0.15) is 40.2 Å². The van der Waals surface area contributed by atoms with Gasteiger partial charge in [-0.1, -0.05) is 60.7 Å². The van der Waals surface area contributed by atoms with Gasteiger partial charge in [0, 0.05) is 68.2 Å². The molecule has 96 heavy (non-hydrogen) atoms. The van der Waals surface area contributed by atoms with Crippen molar-refractivity contribution in [1.82, 2.24) is 0 Å². The lowest BCUT2D eigenvalue weighted by atomic mass is 9.93. The van der Waals surface area contributed by atoms with Crippen LogP contribution in [0.15, 0.2) is 309 Å². The van der Waals surface area contributed by atoms with Gasteiger partial charge in [0.15, 0.2) is 0 Å². The van der Waals surface area contributed by atoms with Crippen LogP contribution >= 0.6 is 0 Å². The average Bonchev–Trinajstić information content (AvgIpc) is 0.934. The fraction of sp³-hybridized carbons (Fsp3) is 0.0824. The van der Waals surface area contributed by atoms with Gasteiger partial charge in [-0.25, -0.2) is 0 Å².